The minimum atomic E-state index is 0.0318. The van der Waals surface area contributed by atoms with Crippen LogP contribution in [-0.2, 0) is 4.79 Å². The summed E-state index contributed by atoms with van der Waals surface area (Å²) in [7, 11) is 0. The van der Waals surface area contributed by atoms with Crippen LogP contribution in [0.25, 0.3) is 0 Å². The Morgan fingerprint density at radius 2 is 1.95 bits per heavy atom. The number of hydrogen-bond donors (Lipinski definition) is 2. The van der Waals surface area contributed by atoms with Crippen LogP contribution in [-0.4, -0.2) is 48.6 Å². The molecule has 114 valence electrons. The number of rotatable bonds is 3. The number of likely N-dealkylation sites (tertiary alicyclic amines) is 1. The Morgan fingerprint density at radius 1 is 1.15 bits per heavy atom. The maximum absolute atomic E-state index is 12.4. The summed E-state index contributed by atoms with van der Waals surface area (Å²) >= 11 is 0. The van der Waals surface area contributed by atoms with Crippen molar-refractivity contribution in [1.82, 2.24) is 15.5 Å². The van der Waals surface area contributed by atoms with Gasteiger partial charge in [-0.25, -0.2) is 0 Å². The Hall–Kier alpha value is -0.610. The number of amides is 1. The van der Waals surface area contributed by atoms with Gasteiger partial charge in [-0.2, -0.15) is 0 Å². The molecule has 2 aliphatic heterocycles. The van der Waals surface area contributed by atoms with Gasteiger partial charge in [0.2, 0.25) is 5.91 Å². The molecule has 2 heterocycles. The molecule has 0 aromatic carbocycles. The van der Waals surface area contributed by atoms with Crippen molar-refractivity contribution in [3.05, 3.63) is 0 Å². The summed E-state index contributed by atoms with van der Waals surface area (Å²) in [5.41, 5.74) is 0. The zero-order chi connectivity index (χ0) is 13.9. The molecule has 2 N–H and O–H groups in total. The van der Waals surface area contributed by atoms with Gasteiger partial charge in [0.25, 0.3) is 0 Å². The molecule has 3 rings (SSSR count). The number of fused-ring (bicyclic) bond motifs is 1. The first-order valence-corrected chi connectivity index (χ1v) is 8.52. The van der Waals surface area contributed by atoms with Crippen molar-refractivity contribution in [2.24, 2.45) is 5.92 Å². The second-order valence-electron chi connectivity index (χ2n) is 6.94. The number of nitrogens with zero attached hydrogens (tertiary/aromatic N) is 1. The first kappa shape index (κ1) is 14.3. The summed E-state index contributed by atoms with van der Waals surface area (Å²) in [6.07, 6.45) is 8.84. The van der Waals surface area contributed by atoms with E-state index in [1.165, 1.54) is 44.9 Å². The quantitative estimate of drug-likeness (QED) is 0.823. The third-order valence-corrected chi connectivity index (χ3v) is 5.51. The number of carbonyl (C=O) groups excluding carboxylic acids is 1. The fourth-order valence-corrected chi connectivity index (χ4v) is 4.13. The molecule has 0 bridgehead atoms. The lowest BCUT2D eigenvalue weighted by atomic mass is 9.94. The molecule has 1 unspecified atom stereocenters. The smallest absolute Gasteiger partial charge is 0.237 e. The minimum Gasteiger partial charge on any atom is -0.352 e. The van der Waals surface area contributed by atoms with E-state index in [1.807, 2.05) is 0 Å². The molecule has 0 aromatic heterocycles. The summed E-state index contributed by atoms with van der Waals surface area (Å²) in [5.74, 6) is 1.00. The average molecular weight is 279 g/mol. The zero-order valence-electron chi connectivity index (χ0n) is 12.7. The van der Waals surface area contributed by atoms with Crippen molar-refractivity contribution < 1.29 is 4.79 Å². The van der Waals surface area contributed by atoms with Crippen LogP contribution in [0.3, 0.4) is 0 Å². The summed E-state index contributed by atoms with van der Waals surface area (Å²) in [4.78, 5) is 14.8. The monoisotopic (exact) mass is 279 g/mol. The first-order valence-electron chi connectivity index (χ1n) is 8.52. The molecular weight excluding hydrogens is 250 g/mol. The number of carbonyl (C=O) groups is 1. The third kappa shape index (κ3) is 3.17. The summed E-state index contributed by atoms with van der Waals surface area (Å²) in [6.45, 7) is 5.37. The Balaban J connectivity index is 1.50. The largest absolute Gasteiger partial charge is 0.352 e. The minimum absolute atomic E-state index is 0.0318. The summed E-state index contributed by atoms with van der Waals surface area (Å²) < 4.78 is 0. The SMILES string of the molecule is CC(C(=O)NC1CCCCC1)N1C[C@@H]2CCCN[C@@H]2C1. The van der Waals surface area contributed by atoms with Gasteiger partial charge >= 0.3 is 0 Å². The lowest BCUT2D eigenvalue weighted by Gasteiger charge is -2.28. The lowest BCUT2D eigenvalue weighted by Crippen LogP contribution is -2.48. The maximum Gasteiger partial charge on any atom is 0.237 e. The van der Waals surface area contributed by atoms with Crippen molar-refractivity contribution in [3.63, 3.8) is 0 Å². The predicted molar refractivity (Wildman–Crippen MR) is 80.6 cm³/mol. The van der Waals surface area contributed by atoms with Crippen LogP contribution in [0.2, 0.25) is 0 Å². The highest BCUT2D eigenvalue weighted by atomic mass is 16.2. The van der Waals surface area contributed by atoms with E-state index in [1.54, 1.807) is 0 Å². The van der Waals surface area contributed by atoms with Crippen LogP contribution >= 0.6 is 0 Å². The summed E-state index contributed by atoms with van der Waals surface area (Å²) in [5, 5.41) is 6.89. The maximum atomic E-state index is 12.4. The van der Waals surface area contributed by atoms with Crippen molar-refractivity contribution in [2.45, 2.75) is 70.0 Å². The fraction of sp³-hybridized carbons (Fsp3) is 0.938. The van der Waals surface area contributed by atoms with Crippen LogP contribution in [0.5, 0.6) is 0 Å². The van der Waals surface area contributed by atoms with Gasteiger partial charge in [0.1, 0.15) is 0 Å². The van der Waals surface area contributed by atoms with Crippen LogP contribution in [0.4, 0.5) is 0 Å². The highest BCUT2D eigenvalue weighted by Crippen LogP contribution is 2.26. The van der Waals surface area contributed by atoms with E-state index >= 15 is 0 Å². The Kier molecular flexibility index (Phi) is 4.61. The molecule has 3 aliphatic rings. The fourth-order valence-electron chi connectivity index (χ4n) is 4.13. The molecule has 20 heavy (non-hydrogen) atoms. The highest BCUT2D eigenvalue weighted by Gasteiger charge is 2.38. The van der Waals surface area contributed by atoms with E-state index < -0.39 is 0 Å². The molecule has 3 atom stereocenters. The molecule has 0 spiro atoms. The van der Waals surface area contributed by atoms with E-state index in [9.17, 15) is 4.79 Å². The normalized spacial score (nSPS) is 33.6. The third-order valence-electron chi connectivity index (χ3n) is 5.51. The highest BCUT2D eigenvalue weighted by molar-refractivity contribution is 5.81. The van der Waals surface area contributed by atoms with Gasteiger partial charge in [-0.15, -0.1) is 0 Å². The molecule has 4 nitrogen and oxygen atoms in total. The van der Waals surface area contributed by atoms with Crippen LogP contribution in [0, 0.1) is 5.92 Å². The van der Waals surface area contributed by atoms with E-state index in [0.717, 1.165) is 25.6 Å². The van der Waals surface area contributed by atoms with Crippen molar-refractivity contribution >= 4 is 5.91 Å². The first-order chi connectivity index (χ1) is 9.74. The van der Waals surface area contributed by atoms with E-state index in [0.29, 0.717) is 12.1 Å². The molecule has 3 fully saturated rings. The summed E-state index contributed by atoms with van der Waals surface area (Å²) in [6, 6.07) is 1.08. The standard InChI is InChI=1S/C16H29N3O/c1-12(16(20)18-14-7-3-2-4-8-14)19-10-13-6-5-9-17-15(13)11-19/h12-15,17H,2-11H2,1H3,(H,18,20)/t12?,13-,15+/m0/s1. The van der Waals surface area contributed by atoms with E-state index in [2.05, 4.69) is 22.5 Å². The van der Waals surface area contributed by atoms with E-state index in [4.69, 9.17) is 0 Å². The molecule has 2 saturated heterocycles. The van der Waals surface area contributed by atoms with Gasteiger partial charge in [-0.05, 0) is 45.1 Å². The molecule has 0 aromatic rings. The number of nitrogens with one attached hydrogen (secondary N) is 2. The van der Waals surface area contributed by atoms with Gasteiger partial charge in [-0.1, -0.05) is 19.3 Å². The Morgan fingerprint density at radius 3 is 2.70 bits per heavy atom. The van der Waals surface area contributed by atoms with Gasteiger partial charge < -0.3 is 10.6 Å². The van der Waals surface area contributed by atoms with E-state index in [-0.39, 0.29) is 11.9 Å². The molecular formula is C16H29N3O. The second-order valence-corrected chi connectivity index (χ2v) is 6.94. The van der Waals surface area contributed by atoms with Crippen molar-refractivity contribution in [1.29, 1.82) is 0 Å². The van der Waals surface area contributed by atoms with Crippen molar-refractivity contribution in [3.8, 4) is 0 Å². The topological polar surface area (TPSA) is 44.4 Å². The van der Waals surface area contributed by atoms with Crippen LogP contribution < -0.4 is 10.6 Å². The van der Waals surface area contributed by atoms with Gasteiger partial charge in [-0.3, -0.25) is 9.69 Å². The second kappa shape index (κ2) is 6.44. The van der Waals surface area contributed by atoms with Gasteiger partial charge in [0.05, 0.1) is 6.04 Å². The molecule has 1 aliphatic carbocycles. The Labute approximate surface area is 122 Å². The molecule has 0 radical (unpaired) electrons. The molecule has 1 saturated carbocycles. The van der Waals surface area contributed by atoms with Crippen LogP contribution in [0.1, 0.15) is 51.9 Å². The molecule has 1 amide bonds. The van der Waals surface area contributed by atoms with Crippen LogP contribution in [0.15, 0.2) is 0 Å². The van der Waals surface area contributed by atoms with Gasteiger partial charge in [0.15, 0.2) is 0 Å². The Bertz CT molecular complexity index is 327. The predicted octanol–water partition coefficient (Wildman–Crippen LogP) is 1.51. The van der Waals surface area contributed by atoms with Gasteiger partial charge in [0, 0.05) is 25.2 Å². The number of piperidine rings is 1. The zero-order valence-corrected chi connectivity index (χ0v) is 12.7. The molecule has 4 heteroatoms. The van der Waals surface area contributed by atoms with Crippen molar-refractivity contribution in [2.75, 3.05) is 19.6 Å². The average Bonchev–Trinajstić information content (AvgIpc) is 2.91. The number of hydrogen-bond acceptors (Lipinski definition) is 3. The lowest BCUT2D eigenvalue weighted by molar-refractivity contribution is -0.126.